The van der Waals surface area contributed by atoms with E-state index in [4.69, 9.17) is 0 Å². The fourth-order valence-electron chi connectivity index (χ4n) is 4.46. The predicted molar refractivity (Wildman–Crippen MR) is 115 cm³/mol. The van der Waals surface area contributed by atoms with Crippen LogP contribution in [0.25, 0.3) is 16.9 Å². The summed E-state index contributed by atoms with van der Waals surface area (Å²) in [6, 6.07) is 8.18. The van der Waals surface area contributed by atoms with Gasteiger partial charge in [-0.25, -0.2) is 22.2 Å². The lowest BCUT2D eigenvalue weighted by molar-refractivity contribution is 0.0673. The van der Waals surface area contributed by atoms with Crippen molar-refractivity contribution >= 4 is 5.91 Å². The molecule has 1 atom stereocenters. The summed E-state index contributed by atoms with van der Waals surface area (Å²) in [6.07, 6.45) is 2.70. The largest absolute Gasteiger partial charge is 0.330 e. The number of aromatic nitrogens is 4. The van der Waals surface area contributed by atoms with Gasteiger partial charge in [0.2, 0.25) is 0 Å². The van der Waals surface area contributed by atoms with Crippen molar-refractivity contribution in [1.82, 2.24) is 24.5 Å². The molecule has 0 aliphatic carbocycles. The van der Waals surface area contributed by atoms with Crippen molar-refractivity contribution in [3.63, 3.8) is 0 Å². The second-order valence-corrected chi connectivity index (χ2v) is 8.17. The molecule has 2 aromatic heterocycles. The number of amides is 1. The number of nitrogens with zero attached hydrogens (tertiary/aromatic N) is 5. The van der Waals surface area contributed by atoms with Gasteiger partial charge < -0.3 is 4.90 Å². The van der Waals surface area contributed by atoms with Crippen LogP contribution in [0, 0.1) is 23.3 Å². The SMILES string of the molecule is C[C@H]1c2nn(C)c(-c3cc(F)c(F)c(F)c3)c2CCN1C(=O)c1cccc(-n2cc(F)cn2)c1. The van der Waals surface area contributed by atoms with Crippen LogP contribution < -0.4 is 0 Å². The fraction of sp³-hybridized carbons (Fsp3) is 0.208. The number of rotatable bonds is 3. The van der Waals surface area contributed by atoms with E-state index in [1.165, 1.54) is 15.6 Å². The molecule has 1 aliphatic heterocycles. The van der Waals surface area contributed by atoms with Gasteiger partial charge in [-0.2, -0.15) is 10.2 Å². The number of benzene rings is 2. The molecule has 34 heavy (non-hydrogen) atoms. The van der Waals surface area contributed by atoms with Crippen LogP contribution in [0.4, 0.5) is 17.6 Å². The van der Waals surface area contributed by atoms with E-state index in [1.54, 1.807) is 36.2 Å². The summed E-state index contributed by atoms with van der Waals surface area (Å²) in [5.74, 6) is -4.80. The van der Waals surface area contributed by atoms with Gasteiger partial charge in [-0.05, 0) is 43.7 Å². The summed E-state index contributed by atoms with van der Waals surface area (Å²) in [7, 11) is 1.64. The Morgan fingerprint density at radius 2 is 1.82 bits per heavy atom. The molecule has 0 saturated carbocycles. The average Bonchev–Trinajstić information content (AvgIpc) is 3.40. The van der Waals surface area contributed by atoms with E-state index in [0.29, 0.717) is 35.6 Å². The smallest absolute Gasteiger partial charge is 0.254 e. The number of carbonyl (C=O) groups is 1. The molecule has 174 valence electrons. The molecule has 6 nitrogen and oxygen atoms in total. The molecule has 2 aromatic carbocycles. The van der Waals surface area contributed by atoms with Crippen molar-refractivity contribution in [1.29, 1.82) is 0 Å². The number of carbonyl (C=O) groups excluding carboxylic acids is 1. The summed E-state index contributed by atoms with van der Waals surface area (Å²) in [5, 5.41) is 8.44. The quantitative estimate of drug-likeness (QED) is 0.326. The zero-order valence-electron chi connectivity index (χ0n) is 18.3. The number of fused-ring (bicyclic) bond motifs is 1. The summed E-state index contributed by atoms with van der Waals surface area (Å²) in [4.78, 5) is 15.0. The molecule has 1 amide bonds. The first kappa shape index (κ1) is 21.9. The maximum absolute atomic E-state index is 13.9. The molecule has 5 rings (SSSR count). The standard InChI is InChI=1S/C24H19F4N5O/c1-13-22-18(23(31(2)30-22)15-9-19(26)21(28)20(27)10-15)6-7-32(13)24(34)14-4-3-5-17(8-14)33-12-16(25)11-29-33/h3-5,8-13H,6-7H2,1-2H3/t13-/m0/s1. The Labute approximate surface area is 192 Å². The number of halogens is 4. The Morgan fingerprint density at radius 1 is 1.09 bits per heavy atom. The van der Waals surface area contributed by atoms with Gasteiger partial charge in [0.15, 0.2) is 23.3 Å². The van der Waals surface area contributed by atoms with E-state index in [0.717, 1.165) is 23.9 Å². The molecule has 0 unspecified atom stereocenters. The lowest BCUT2D eigenvalue weighted by atomic mass is 9.95. The Bertz CT molecular complexity index is 1400. The van der Waals surface area contributed by atoms with E-state index in [1.807, 2.05) is 6.92 Å². The first-order valence-corrected chi connectivity index (χ1v) is 10.6. The van der Waals surface area contributed by atoms with E-state index in [9.17, 15) is 22.4 Å². The fourth-order valence-corrected chi connectivity index (χ4v) is 4.46. The van der Waals surface area contributed by atoms with Gasteiger partial charge in [0.25, 0.3) is 5.91 Å². The average molecular weight is 469 g/mol. The summed E-state index contributed by atoms with van der Waals surface area (Å²) >= 11 is 0. The zero-order valence-corrected chi connectivity index (χ0v) is 18.3. The third-order valence-electron chi connectivity index (χ3n) is 6.07. The van der Waals surface area contributed by atoms with E-state index in [2.05, 4.69) is 10.2 Å². The van der Waals surface area contributed by atoms with Gasteiger partial charge in [0.05, 0.1) is 35.5 Å². The Kier molecular flexibility index (Phi) is 5.22. The Hall–Kier alpha value is -3.95. The van der Waals surface area contributed by atoms with Crippen molar-refractivity contribution in [3.05, 3.63) is 88.9 Å². The minimum Gasteiger partial charge on any atom is -0.330 e. The van der Waals surface area contributed by atoms with Crippen LogP contribution in [0.5, 0.6) is 0 Å². The zero-order chi connectivity index (χ0) is 24.1. The van der Waals surface area contributed by atoms with E-state index >= 15 is 0 Å². The van der Waals surface area contributed by atoms with Gasteiger partial charge in [-0.3, -0.25) is 9.48 Å². The molecule has 0 N–H and O–H groups in total. The van der Waals surface area contributed by atoms with Crippen molar-refractivity contribution in [2.75, 3.05) is 6.54 Å². The molecular formula is C24H19F4N5O. The maximum atomic E-state index is 13.9. The number of hydrogen-bond donors (Lipinski definition) is 0. The highest BCUT2D eigenvalue weighted by Crippen LogP contribution is 2.36. The number of aryl methyl sites for hydroxylation is 1. The van der Waals surface area contributed by atoms with Crippen molar-refractivity contribution in [2.45, 2.75) is 19.4 Å². The molecule has 10 heteroatoms. The third-order valence-corrected chi connectivity index (χ3v) is 6.07. The first-order chi connectivity index (χ1) is 16.2. The Morgan fingerprint density at radius 3 is 2.50 bits per heavy atom. The lowest BCUT2D eigenvalue weighted by Gasteiger charge is -2.33. The molecule has 4 aromatic rings. The minimum absolute atomic E-state index is 0.179. The third kappa shape index (κ3) is 3.55. The molecule has 0 radical (unpaired) electrons. The normalized spacial score (nSPS) is 15.5. The van der Waals surface area contributed by atoms with Crippen molar-refractivity contribution in [2.24, 2.45) is 7.05 Å². The van der Waals surface area contributed by atoms with Crippen LogP contribution in [-0.2, 0) is 13.5 Å². The highest BCUT2D eigenvalue weighted by atomic mass is 19.2. The minimum atomic E-state index is -1.52. The Balaban J connectivity index is 1.47. The monoisotopic (exact) mass is 469 g/mol. The van der Waals surface area contributed by atoms with E-state index < -0.39 is 29.3 Å². The van der Waals surface area contributed by atoms with Gasteiger partial charge >= 0.3 is 0 Å². The maximum Gasteiger partial charge on any atom is 0.254 e. The van der Waals surface area contributed by atoms with Crippen LogP contribution in [0.3, 0.4) is 0 Å². The van der Waals surface area contributed by atoms with Crippen LogP contribution in [0.2, 0.25) is 0 Å². The highest BCUT2D eigenvalue weighted by Gasteiger charge is 2.33. The summed E-state index contributed by atoms with van der Waals surface area (Å²) < 4.78 is 57.4. The molecule has 1 aliphatic rings. The first-order valence-electron chi connectivity index (χ1n) is 10.6. The molecular weight excluding hydrogens is 450 g/mol. The van der Waals surface area contributed by atoms with Crippen LogP contribution in [0.15, 0.2) is 48.8 Å². The van der Waals surface area contributed by atoms with Crippen LogP contribution in [0.1, 0.15) is 34.6 Å². The predicted octanol–water partition coefficient (Wildman–Crippen LogP) is 4.59. The highest BCUT2D eigenvalue weighted by molar-refractivity contribution is 5.95. The van der Waals surface area contributed by atoms with Crippen molar-refractivity contribution < 1.29 is 22.4 Å². The second-order valence-electron chi connectivity index (χ2n) is 8.17. The molecule has 3 heterocycles. The van der Waals surface area contributed by atoms with Crippen LogP contribution in [-0.4, -0.2) is 36.9 Å². The van der Waals surface area contributed by atoms with Gasteiger partial charge in [0.1, 0.15) is 0 Å². The van der Waals surface area contributed by atoms with Gasteiger partial charge in [-0.15, -0.1) is 0 Å². The molecule has 0 bridgehead atoms. The molecule has 0 saturated heterocycles. The number of hydrogen-bond acceptors (Lipinski definition) is 3. The van der Waals surface area contributed by atoms with Gasteiger partial charge in [0, 0.05) is 30.3 Å². The van der Waals surface area contributed by atoms with Crippen LogP contribution >= 0.6 is 0 Å². The summed E-state index contributed by atoms with van der Waals surface area (Å²) in [6.45, 7) is 2.17. The summed E-state index contributed by atoms with van der Waals surface area (Å²) in [5.41, 5.74) is 2.97. The molecule has 0 spiro atoms. The lowest BCUT2D eigenvalue weighted by Crippen LogP contribution is -2.39. The van der Waals surface area contributed by atoms with Gasteiger partial charge in [-0.1, -0.05) is 6.07 Å². The van der Waals surface area contributed by atoms with E-state index in [-0.39, 0.29) is 11.5 Å². The molecule has 0 fully saturated rings. The topological polar surface area (TPSA) is 56.0 Å². The van der Waals surface area contributed by atoms with Crippen molar-refractivity contribution in [3.8, 4) is 16.9 Å². The second kappa shape index (κ2) is 8.12.